The first kappa shape index (κ1) is 21.6. The van der Waals surface area contributed by atoms with Crippen LogP contribution in [-0.4, -0.2) is 39.7 Å². The molecule has 0 aliphatic heterocycles. The lowest BCUT2D eigenvalue weighted by Crippen LogP contribution is -2.34. The predicted molar refractivity (Wildman–Crippen MR) is 116 cm³/mol. The number of benzene rings is 3. The Bertz CT molecular complexity index is 869. The third kappa shape index (κ3) is 6.22. The molecule has 0 aromatic heterocycles. The van der Waals surface area contributed by atoms with Gasteiger partial charge in [0.1, 0.15) is 0 Å². The molecule has 0 aliphatic rings. The maximum absolute atomic E-state index is 10.8. The van der Waals surface area contributed by atoms with E-state index < -0.39 is 17.1 Å². The van der Waals surface area contributed by atoms with Crippen LogP contribution < -0.4 is 0 Å². The number of hydrogen-bond donors (Lipinski definition) is 2. The highest BCUT2D eigenvalue weighted by Gasteiger charge is 2.18. The molecule has 0 heterocycles. The largest absolute Gasteiger partial charge is 0.387 e. The Hall–Kier alpha value is -3.06. The number of nitrogens with zero attached hydrogens (tertiary/aromatic N) is 2. The quantitative estimate of drug-likeness (QED) is 0.394. The summed E-state index contributed by atoms with van der Waals surface area (Å²) in [6.45, 7) is 1.35. The topological polar surface area (TPSA) is 86.8 Å². The van der Waals surface area contributed by atoms with E-state index in [9.17, 15) is 20.3 Å². The smallest absolute Gasteiger partial charge is 0.269 e. The third-order valence-electron chi connectivity index (χ3n) is 5.09. The predicted octanol–water partition coefficient (Wildman–Crippen LogP) is 3.91. The summed E-state index contributed by atoms with van der Waals surface area (Å²) < 4.78 is 0. The zero-order valence-corrected chi connectivity index (χ0v) is 16.7. The highest BCUT2D eigenvalue weighted by atomic mass is 16.6. The van der Waals surface area contributed by atoms with Gasteiger partial charge in [-0.25, -0.2) is 0 Å². The summed E-state index contributed by atoms with van der Waals surface area (Å²) in [5.74, 6) is 0. The molecule has 6 heteroatoms. The van der Waals surface area contributed by atoms with Crippen molar-refractivity contribution in [3.8, 4) is 0 Å². The molecule has 6 nitrogen and oxygen atoms in total. The van der Waals surface area contributed by atoms with E-state index in [2.05, 4.69) is 0 Å². The molecule has 0 amide bonds. The summed E-state index contributed by atoms with van der Waals surface area (Å²) in [6, 6.07) is 25.4. The summed E-state index contributed by atoms with van der Waals surface area (Å²) in [7, 11) is 0. The Morgan fingerprint density at radius 2 is 1.23 bits per heavy atom. The van der Waals surface area contributed by atoms with Crippen LogP contribution in [0.2, 0.25) is 0 Å². The van der Waals surface area contributed by atoms with Crippen molar-refractivity contribution in [2.45, 2.75) is 18.6 Å². The molecule has 0 bridgehead atoms. The monoisotopic (exact) mass is 406 g/mol. The second-order valence-electron chi connectivity index (χ2n) is 7.29. The van der Waals surface area contributed by atoms with Crippen molar-refractivity contribution in [3.05, 3.63) is 112 Å². The Morgan fingerprint density at radius 1 is 0.767 bits per heavy atom. The number of aliphatic hydroxyl groups excluding tert-OH is 2. The fraction of sp³-hybridized carbons (Fsp3) is 0.250. The first-order valence-corrected chi connectivity index (χ1v) is 9.94. The van der Waals surface area contributed by atoms with Gasteiger partial charge in [0, 0.05) is 31.8 Å². The standard InChI is InChI=1S/C24H26N2O4/c27-23(20-7-3-1-4-8-20)17-25(18-24(28)21-9-5-2-6-10-21)16-15-19-11-13-22(14-12-19)26(29)30/h1-14,23-24,27-28H,15-18H2/t23-,24-/m0/s1. The van der Waals surface area contributed by atoms with Crippen molar-refractivity contribution >= 4 is 5.69 Å². The summed E-state index contributed by atoms with van der Waals surface area (Å²) >= 11 is 0. The summed E-state index contributed by atoms with van der Waals surface area (Å²) in [5.41, 5.74) is 2.68. The van der Waals surface area contributed by atoms with Gasteiger partial charge in [0.25, 0.3) is 5.69 Å². The van der Waals surface area contributed by atoms with Crippen LogP contribution in [0.15, 0.2) is 84.9 Å². The minimum Gasteiger partial charge on any atom is -0.387 e. The third-order valence-corrected chi connectivity index (χ3v) is 5.09. The molecule has 0 fully saturated rings. The van der Waals surface area contributed by atoms with E-state index in [0.717, 1.165) is 16.7 Å². The maximum Gasteiger partial charge on any atom is 0.269 e. The van der Waals surface area contributed by atoms with Crippen LogP contribution in [-0.2, 0) is 6.42 Å². The van der Waals surface area contributed by atoms with Crippen LogP contribution in [0.4, 0.5) is 5.69 Å². The molecule has 2 atom stereocenters. The van der Waals surface area contributed by atoms with E-state index in [1.165, 1.54) is 12.1 Å². The average Bonchev–Trinajstić information content (AvgIpc) is 2.78. The van der Waals surface area contributed by atoms with Gasteiger partial charge in [0.2, 0.25) is 0 Å². The van der Waals surface area contributed by atoms with Crippen LogP contribution >= 0.6 is 0 Å². The molecule has 0 spiro atoms. The van der Waals surface area contributed by atoms with Gasteiger partial charge in [0.15, 0.2) is 0 Å². The summed E-state index contributed by atoms with van der Waals surface area (Å²) in [5, 5.41) is 32.2. The molecule has 30 heavy (non-hydrogen) atoms. The van der Waals surface area contributed by atoms with Gasteiger partial charge in [-0.15, -0.1) is 0 Å². The molecule has 0 radical (unpaired) electrons. The van der Waals surface area contributed by atoms with Gasteiger partial charge in [-0.05, 0) is 23.1 Å². The fourth-order valence-corrected chi connectivity index (χ4v) is 3.38. The van der Waals surface area contributed by atoms with E-state index in [1.807, 2.05) is 65.6 Å². The minimum absolute atomic E-state index is 0.0644. The number of hydrogen-bond acceptors (Lipinski definition) is 5. The van der Waals surface area contributed by atoms with Crippen LogP contribution in [0.25, 0.3) is 0 Å². The highest BCUT2D eigenvalue weighted by molar-refractivity contribution is 5.33. The molecule has 2 N–H and O–H groups in total. The second-order valence-corrected chi connectivity index (χ2v) is 7.29. The summed E-state index contributed by atoms with van der Waals surface area (Å²) in [6.07, 6.45) is -0.696. The van der Waals surface area contributed by atoms with Gasteiger partial charge in [-0.3, -0.25) is 15.0 Å². The van der Waals surface area contributed by atoms with Crippen molar-refractivity contribution in [2.24, 2.45) is 0 Å². The second kappa shape index (κ2) is 10.6. The maximum atomic E-state index is 10.8. The van der Waals surface area contributed by atoms with Gasteiger partial charge in [-0.1, -0.05) is 72.8 Å². The number of non-ortho nitro benzene ring substituents is 1. The van der Waals surface area contributed by atoms with E-state index >= 15 is 0 Å². The summed E-state index contributed by atoms with van der Waals surface area (Å²) in [4.78, 5) is 12.4. The van der Waals surface area contributed by atoms with E-state index in [-0.39, 0.29) is 5.69 Å². The van der Waals surface area contributed by atoms with Crippen molar-refractivity contribution in [1.82, 2.24) is 4.90 Å². The Balaban J connectivity index is 1.68. The first-order chi connectivity index (χ1) is 14.5. The highest BCUT2D eigenvalue weighted by Crippen LogP contribution is 2.19. The first-order valence-electron chi connectivity index (χ1n) is 9.94. The molecule has 3 aromatic carbocycles. The van der Waals surface area contributed by atoms with Gasteiger partial charge >= 0.3 is 0 Å². The van der Waals surface area contributed by atoms with Crippen molar-refractivity contribution < 1.29 is 15.1 Å². The Labute approximate surface area is 176 Å². The van der Waals surface area contributed by atoms with Crippen LogP contribution in [0.3, 0.4) is 0 Å². The van der Waals surface area contributed by atoms with E-state index in [0.29, 0.717) is 26.1 Å². The zero-order chi connectivity index (χ0) is 21.3. The van der Waals surface area contributed by atoms with Gasteiger partial charge in [0.05, 0.1) is 17.1 Å². The normalized spacial score (nSPS) is 13.2. The molecule has 0 saturated heterocycles. The fourth-order valence-electron chi connectivity index (χ4n) is 3.38. The molecule has 0 aliphatic carbocycles. The number of nitro benzene ring substituents is 1. The molecular weight excluding hydrogens is 380 g/mol. The van der Waals surface area contributed by atoms with E-state index in [4.69, 9.17) is 0 Å². The number of aliphatic hydroxyl groups is 2. The Kier molecular flexibility index (Phi) is 7.68. The van der Waals surface area contributed by atoms with Crippen LogP contribution in [0, 0.1) is 10.1 Å². The average molecular weight is 406 g/mol. The molecule has 0 unspecified atom stereocenters. The molecule has 3 aromatic rings. The number of nitro groups is 1. The lowest BCUT2D eigenvalue weighted by Gasteiger charge is -2.27. The van der Waals surface area contributed by atoms with Crippen molar-refractivity contribution in [2.75, 3.05) is 19.6 Å². The van der Waals surface area contributed by atoms with Gasteiger partial charge in [-0.2, -0.15) is 0 Å². The van der Waals surface area contributed by atoms with Gasteiger partial charge < -0.3 is 10.2 Å². The molecule has 0 saturated carbocycles. The van der Waals surface area contributed by atoms with Crippen molar-refractivity contribution in [1.29, 1.82) is 0 Å². The SMILES string of the molecule is O=[N+]([O-])c1ccc(CCN(C[C@H](O)c2ccccc2)C[C@H](O)c2ccccc2)cc1. The number of rotatable bonds is 10. The molecule has 3 rings (SSSR count). The van der Waals surface area contributed by atoms with Crippen LogP contribution in [0.1, 0.15) is 28.9 Å². The Morgan fingerprint density at radius 3 is 1.67 bits per heavy atom. The molecular formula is C24H26N2O4. The van der Waals surface area contributed by atoms with Crippen molar-refractivity contribution in [3.63, 3.8) is 0 Å². The minimum atomic E-state index is -0.675. The molecule has 156 valence electrons. The van der Waals surface area contributed by atoms with Crippen LogP contribution in [0.5, 0.6) is 0 Å². The lowest BCUT2D eigenvalue weighted by atomic mass is 10.1. The van der Waals surface area contributed by atoms with E-state index in [1.54, 1.807) is 12.1 Å². The zero-order valence-electron chi connectivity index (χ0n) is 16.7. The lowest BCUT2D eigenvalue weighted by molar-refractivity contribution is -0.384.